The number of nitrogens with one attached hydrogen (secondary N) is 4. The molecule has 1 aliphatic heterocycles. The van der Waals surface area contributed by atoms with Crippen molar-refractivity contribution in [2.24, 2.45) is 0 Å². The molecule has 0 saturated carbocycles. The van der Waals surface area contributed by atoms with Gasteiger partial charge in [0.1, 0.15) is 0 Å². The van der Waals surface area contributed by atoms with Gasteiger partial charge in [0, 0.05) is 18.3 Å². The second kappa shape index (κ2) is 10.8. The van der Waals surface area contributed by atoms with Crippen LogP contribution in [0.3, 0.4) is 0 Å². The zero-order valence-corrected chi connectivity index (χ0v) is 17.5. The van der Waals surface area contributed by atoms with Crippen LogP contribution in [0.4, 0.5) is 10.5 Å². The van der Waals surface area contributed by atoms with Crippen molar-refractivity contribution in [2.75, 3.05) is 18.4 Å². The van der Waals surface area contributed by atoms with Crippen LogP contribution >= 0.6 is 12.4 Å². The zero-order chi connectivity index (χ0) is 19.9. The Morgan fingerprint density at radius 1 is 1.21 bits per heavy atom. The molecule has 1 aromatic carbocycles. The Morgan fingerprint density at radius 2 is 1.90 bits per heavy atom. The van der Waals surface area contributed by atoms with Crippen molar-refractivity contribution in [1.82, 2.24) is 30.9 Å². The summed E-state index contributed by atoms with van der Waals surface area (Å²) in [6.45, 7) is 6.08. The average Bonchev–Trinajstić information content (AvgIpc) is 3.17. The Labute approximate surface area is 176 Å². The topological polar surface area (TPSA) is 113 Å². The zero-order valence-electron chi connectivity index (χ0n) is 16.6. The van der Waals surface area contributed by atoms with Gasteiger partial charge in [-0.05, 0) is 57.5 Å². The SMILES string of the molecule is CC(C)NC(=O)Nc1ccc(CNC(=O)c2cn(C3CCNCC3)nn2)cc1.Cl. The van der Waals surface area contributed by atoms with Crippen LogP contribution in [-0.2, 0) is 6.54 Å². The molecule has 1 aliphatic rings. The third kappa shape index (κ3) is 6.72. The summed E-state index contributed by atoms with van der Waals surface area (Å²) < 4.78 is 1.79. The molecule has 1 aromatic heterocycles. The number of nitrogens with zero attached hydrogens (tertiary/aromatic N) is 3. The number of carbonyl (C=O) groups is 2. The molecule has 3 amide bonds. The summed E-state index contributed by atoms with van der Waals surface area (Å²) in [5, 5.41) is 19.8. The van der Waals surface area contributed by atoms with E-state index < -0.39 is 0 Å². The lowest BCUT2D eigenvalue weighted by Crippen LogP contribution is -2.34. The highest BCUT2D eigenvalue weighted by molar-refractivity contribution is 5.92. The smallest absolute Gasteiger partial charge is 0.319 e. The number of rotatable bonds is 6. The molecule has 4 N–H and O–H groups in total. The first-order chi connectivity index (χ1) is 13.5. The fraction of sp³-hybridized carbons (Fsp3) is 0.474. The number of urea groups is 1. The van der Waals surface area contributed by atoms with Gasteiger partial charge in [0.25, 0.3) is 5.91 Å². The molecule has 1 saturated heterocycles. The number of anilines is 1. The summed E-state index contributed by atoms with van der Waals surface area (Å²) in [5.41, 5.74) is 1.94. The van der Waals surface area contributed by atoms with Crippen LogP contribution in [0, 0.1) is 0 Å². The maximum absolute atomic E-state index is 12.3. The van der Waals surface area contributed by atoms with Gasteiger partial charge in [-0.25, -0.2) is 9.48 Å². The van der Waals surface area contributed by atoms with Crippen LogP contribution in [-0.4, -0.2) is 46.1 Å². The standard InChI is InChI=1S/C19H27N7O2.ClH/c1-13(2)22-19(28)23-15-5-3-14(4-6-15)11-21-18(27)17-12-26(25-24-17)16-7-9-20-10-8-16;/h3-6,12-13,16,20H,7-11H2,1-2H3,(H,21,27)(H2,22,23,28);1H. The van der Waals surface area contributed by atoms with Gasteiger partial charge in [0.2, 0.25) is 0 Å². The lowest BCUT2D eigenvalue weighted by Gasteiger charge is -2.22. The second-order valence-corrected chi connectivity index (χ2v) is 7.20. The highest BCUT2D eigenvalue weighted by atomic mass is 35.5. The van der Waals surface area contributed by atoms with E-state index in [0.29, 0.717) is 24.0 Å². The molecular weight excluding hydrogens is 394 g/mol. The molecule has 158 valence electrons. The van der Waals surface area contributed by atoms with E-state index in [0.717, 1.165) is 31.5 Å². The Kier molecular flexibility index (Phi) is 8.41. The van der Waals surface area contributed by atoms with E-state index in [1.165, 1.54) is 0 Å². The first-order valence-corrected chi connectivity index (χ1v) is 9.58. The summed E-state index contributed by atoms with van der Waals surface area (Å²) in [4.78, 5) is 24.0. The maximum atomic E-state index is 12.3. The fourth-order valence-electron chi connectivity index (χ4n) is 3.04. The van der Waals surface area contributed by atoms with Crippen LogP contribution in [0.1, 0.15) is 48.8 Å². The number of halogens is 1. The highest BCUT2D eigenvalue weighted by Crippen LogP contribution is 2.17. The molecule has 1 fully saturated rings. The summed E-state index contributed by atoms with van der Waals surface area (Å²) in [6, 6.07) is 7.44. The number of hydrogen-bond donors (Lipinski definition) is 4. The van der Waals surface area contributed by atoms with Gasteiger partial charge in [0.05, 0.1) is 12.2 Å². The summed E-state index contributed by atoms with van der Waals surface area (Å²) >= 11 is 0. The van der Waals surface area contributed by atoms with Crippen molar-refractivity contribution >= 4 is 30.0 Å². The molecule has 9 nitrogen and oxygen atoms in total. The Morgan fingerprint density at radius 3 is 2.55 bits per heavy atom. The van der Waals surface area contributed by atoms with E-state index in [9.17, 15) is 9.59 Å². The van der Waals surface area contributed by atoms with Crippen molar-refractivity contribution < 1.29 is 9.59 Å². The Balaban J connectivity index is 0.00000300. The minimum absolute atomic E-state index is 0. The number of aromatic nitrogens is 3. The van der Waals surface area contributed by atoms with E-state index in [1.54, 1.807) is 23.0 Å². The van der Waals surface area contributed by atoms with Gasteiger partial charge >= 0.3 is 6.03 Å². The number of benzene rings is 1. The van der Waals surface area contributed by atoms with Crippen molar-refractivity contribution in [2.45, 2.75) is 45.3 Å². The minimum atomic E-state index is -0.251. The van der Waals surface area contributed by atoms with Crippen LogP contribution in [0.25, 0.3) is 0 Å². The van der Waals surface area contributed by atoms with E-state index >= 15 is 0 Å². The predicted octanol–water partition coefficient (Wildman–Crippen LogP) is 2.08. The first kappa shape index (κ1) is 22.6. The van der Waals surface area contributed by atoms with Crippen LogP contribution in [0.5, 0.6) is 0 Å². The molecule has 10 heteroatoms. The van der Waals surface area contributed by atoms with Crippen molar-refractivity contribution in [3.63, 3.8) is 0 Å². The average molecular weight is 422 g/mol. The normalized spacial score (nSPS) is 14.2. The molecule has 2 heterocycles. The molecule has 0 atom stereocenters. The molecule has 0 bridgehead atoms. The molecule has 2 aromatic rings. The third-order valence-electron chi connectivity index (χ3n) is 4.51. The quantitative estimate of drug-likeness (QED) is 0.570. The molecule has 0 aliphatic carbocycles. The Hall–Kier alpha value is -2.65. The van der Waals surface area contributed by atoms with Gasteiger partial charge < -0.3 is 21.3 Å². The highest BCUT2D eigenvalue weighted by Gasteiger charge is 2.18. The summed E-state index contributed by atoms with van der Waals surface area (Å²) in [5.74, 6) is -0.251. The van der Waals surface area contributed by atoms with Gasteiger partial charge in [-0.2, -0.15) is 0 Å². The lowest BCUT2D eigenvalue weighted by atomic mass is 10.1. The fourth-order valence-corrected chi connectivity index (χ4v) is 3.04. The van der Waals surface area contributed by atoms with Gasteiger partial charge in [-0.3, -0.25) is 4.79 Å². The van der Waals surface area contributed by atoms with Gasteiger partial charge in [0.15, 0.2) is 5.69 Å². The van der Waals surface area contributed by atoms with Crippen LogP contribution < -0.4 is 21.3 Å². The molecule has 0 spiro atoms. The predicted molar refractivity (Wildman–Crippen MR) is 113 cm³/mol. The van der Waals surface area contributed by atoms with Crippen LogP contribution in [0.15, 0.2) is 30.5 Å². The van der Waals surface area contributed by atoms with E-state index in [1.807, 2.05) is 26.0 Å². The van der Waals surface area contributed by atoms with Crippen molar-refractivity contribution in [1.29, 1.82) is 0 Å². The van der Waals surface area contributed by atoms with Crippen LogP contribution in [0.2, 0.25) is 0 Å². The van der Waals surface area contributed by atoms with Crippen molar-refractivity contribution in [3.8, 4) is 0 Å². The van der Waals surface area contributed by atoms with E-state index in [-0.39, 0.29) is 30.4 Å². The van der Waals surface area contributed by atoms with Gasteiger partial charge in [-0.1, -0.05) is 17.3 Å². The molecule has 3 rings (SSSR count). The first-order valence-electron chi connectivity index (χ1n) is 9.58. The molecule has 29 heavy (non-hydrogen) atoms. The van der Waals surface area contributed by atoms with Crippen molar-refractivity contribution in [3.05, 3.63) is 41.7 Å². The number of piperidine rings is 1. The molecule has 0 unspecified atom stereocenters. The largest absolute Gasteiger partial charge is 0.347 e. The second-order valence-electron chi connectivity index (χ2n) is 7.20. The molecular formula is C19H28ClN7O2. The maximum Gasteiger partial charge on any atom is 0.319 e. The monoisotopic (exact) mass is 421 g/mol. The Bertz CT molecular complexity index is 801. The summed E-state index contributed by atoms with van der Waals surface area (Å²) in [7, 11) is 0. The third-order valence-corrected chi connectivity index (χ3v) is 4.51. The lowest BCUT2D eigenvalue weighted by molar-refractivity contribution is 0.0945. The van der Waals surface area contributed by atoms with E-state index in [4.69, 9.17) is 0 Å². The number of carbonyl (C=O) groups excluding carboxylic acids is 2. The summed E-state index contributed by atoms with van der Waals surface area (Å²) in [6.07, 6.45) is 3.69. The van der Waals surface area contributed by atoms with Gasteiger partial charge in [-0.15, -0.1) is 17.5 Å². The minimum Gasteiger partial charge on any atom is -0.347 e. The molecule has 0 radical (unpaired) electrons. The number of amides is 3. The number of hydrogen-bond acceptors (Lipinski definition) is 5. The van der Waals surface area contributed by atoms with E-state index in [2.05, 4.69) is 31.6 Å².